The first-order valence-corrected chi connectivity index (χ1v) is 4.73. The first-order chi connectivity index (χ1) is 6.84. The Balaban J connectivity index is 1.98. The first-order valence-electron chi connectivity index (χ1n) is 3.95. The second kappa shape index (κ2) is 4.10. The fraction of sp³-hybridized carbons (Fsp3) is 0.125. The molecule has 0 radical (unpaired) electrons. The Morgan fingerprint density at radius 2 is 2.36 bits per heavy atom. The SMILES string of the molecule is Fc1cc(NCc2ccns2)ncn1. The van der Waals surface area contributed by atoms with Crippen molar-refractivity contribution in [1.29, 1.82) is 0 Å². The van der Waals surface area contributed by atoms with Gasteiger partial charge in [-0.15, -0.1) is 0 Å². The zero-order valence-corrected chi connectivity index (χ0v) is 7.96. The molecular formula is C8H7FN4S. The van der Waals surface area contributed by atoms with Crippen molar-refractivity contribution in [1.82, 2.24) is 14.3 Å². The lowest BCUT2D eigenvalue weighted by Gasteiger charge is -2.01. The molecule has 0 saturated heterocycles. The van der Waals surface area contributed by atoms with Crippen molar-refractivity contribution < 1.29 is 4.39 Å². The summed E-state index contributed by atoms with van der Waals surface area (Å²) in [6.07, 6.45) is 2.91. The third-order valence-corrected chi connectivity index (χ3v) is 2.31. The van der Waals surface area contributed by atoms with Crippen LogP contribution in [0.15, 0.2) is 24.7 Å². The molecule has 14 heavy (non-hydrogen) atoms. The minimum atomic E-state index is -0.535. The van der Waals surface area contributed by atoms with Gasteiger partial charge in [0.25, 0.3) is 0 Å². The topological polar surface area (TPSA) is 50.7 Å². The van der Waals surface area contributed by atoms with Crippen LogP contribution in [0.25, 0.3) is 0 Å². The van der Waals surface area contributed by atoms with Crippen molar-refractivity contribution in [3.05, 3.63) is 35.5 Å². The van der Waals surface area contributed by atoms with Gasteiger partial charge >= 0.3 is 0 Å². The molecule has 0 unspecified atom stereocenters. The minimum absolute atomic E-state index is 0.478. The van der Waals surface area contributed by atoms with Gasteiger partial charge in [-0.3, -0.25) is 0 Å². The fourth-order valence-electron chi connectivity index (χ4n) is 0.941. The van der Waals surface area contributed by atoms with Crippen LogP contribution in [-0.2, 0) is 6.54 Å². The van der Waals surface area contributed by atoms with Gasteiger partial charge < -0.3 is 5.32 Å². The molecule has 2 aromatic heterocycles. The summed E-state index contributed by atoms with van der Waals surface area (Å²) in [4.78, 5) is 8.29. The second-order valence-corrected chi connectivity index (χ2v) is 3.48. The van der Waals surface area contributed by atoms with Gasteiger partial charge in [-0.2, -0.15) is 4.39 Å². The van der Waals surface area contributed by atoms with Crippen LogP contribution >= 0.6 is 11.5 Å². The molecule has 0 saturated carbocycles. The molecular weight excluding hydrogens is 203 g/mol. The first kappa shape index (κ1) is 9.01. The highest BCUT2D eigenvalue weighted by Gasteiger charge is 1.98. The molecule has 0 aliphatic carbocycles. The van der Waals surface area contributed by atoms with Gasteiger partial charge in [0.2, 0.25) is 5.95 Å². The van der Waals surface area contributed by atoms with E-state index in [1.165, 1.54) is 23.9 Å². The zero-order valence-electron chi connectivity index (χ0n) is 7.14. The number of hydrogen-bond acceptors (Lipinski definition) is 5. The highest BCUT2D eigenvalue weighted by Crippen LogP contribution is 2.08. The molecule has 1 N–H and O–H groups in total. The average molecular weight is 210 g/mol. The van der Waals surface area contributed by atoms with E-state index in [-0.39, 0.29) is 0 Å². The number of halogens is 1. The summed E-state index contributed by atoms with van der Waals surface area (Å²) >= 11 is 1.40. The van der Waals surface area contributed by atoms with Crippen LogP contribution < -0.4 is 5.32 Å². The molecule has 0 aliphatic rings. The molecule has 72 valence electrons. The molecule has 2 aromatic rings. The number of rotatable bonds is 3. The standard InChI is InChI=1S/C8H7FN4S/c9-7-3-8(12-5-11-7)10-4-6-1-2-13-14-6/h1-3,5H,4H2,(H,10,11,12). The van der Waals surface area contributed by atoms with E-state index in [1.807, 2.05) is 6.07 Å². The lowest BCUT2D eigenvalue weighted by molar-refractivity contribution is 0.580. The second-order valence-electron chi connectivity index (χ2n) is 2.56. The Labute approximate surface area is 84.0 Å². The number of nitrogens with zero attached hydrogens (tertiary/aromatic N) is 3. The smallest absolute Gasteiger partial charge is 0.217 e. The summed E-state index contributed by atoms with van der Waals surface area (Å²) in [7, 11) is 0. The van der Waals surface area contributed by atoms with E-state index in [2.05, 4.69) is 19.7 Å². The molecule has 2 rings (SSSR count). The van der Waals surface area contributed by atoms with Crippen LogP contribution in [0.1, 0.15) is 4.88 Å². The predicted octanol–water partition coefficient (Wildman–Crippen LogP) is 1.68. The van der Waals surface area contributed by atoms with Crippen molar-refractivity contribution in [2.75, 3.05) is 5.32 Å². The molecule has 4 nitrogen and oxygen atoms in total. The lowest BCUT2D eigenvalue weighted by atomic mass is 10.4. The molecule has 0 bridgehead atoms. The van der Waals surface area contributed by atoms with Gasteiger partial charge in [-0.1, -0.05) is 0 Å². The van der Waals surface area contributed by atoms with Gasteiger partial charge in [0.15, 0.2) is 0 Å². The van der Waals surface area contributed by atoms with E-state index in [0.29, 0.717) is 12.4 Å². The van der Waals surface area contributed by atoms with E-state index in [1.54, 1.807) is 6.20 Å². The van der Waals surface area contributed by atoms with E-state index in [9.17, 15) is 4.39 Å². The summed E-state index contributed by atoms with van der Waals surface area (Å²) in [6, 6.07) is 3.15. The van der Waals surface area contributed by atoms with Gasteiger partial charge in [0.05, 0.1) is 6.54 Å². The highest BCUT2D eigenvalue weighted by molar-refractivity contribution is 7.05. The third-order valence-electron chi connectivity index (χ3n) is 1.57. The number of anilines is 1. The normalized spacial score (nSPS) is 10.1. The van der Waals surface area contributed by atoms with Crippen molar-refractivity contribution in [2.45, 2.75) is 6.54 Å². The lowest BCUT2D eigenvalue weighted by Crippen LogP contribution is -2.00. The van der Waals surface area contributed by atoms with Crippen LogP contribution in [0.3, 0.4) is 0 Å². The van der Waals surface area contributed by atoms with Crippen LogP contribution in [0.5, 0.6) is 0 Å². The van der Waals surface area contributed by atoms with E-state index in [0.717, 1.165) is 4.88 Å². The van der Waals surface area contributed by atoms with Crippen LogP contribution in [0, 0.1) is 5.95 Å². The van der Waals surface area contributed by atoms with Crippen molar-refractivity contribution in [2.24, 2.45) is 0 Å². The quantitative estimate of drug-likeness (QED) is 0.783. The van der Waals surface area contributed by atoms with Crippen LogP contribution in [0.2, 0.25) is 0 Å². The predicted molar refractivity (Wildman–Crippen MR) is 51.4 cm³/mol. The molecule has 0 amide bonds. The molecule has 0 aliphatic heterocycles. The Kier molecular flexibility index (Phi) is 2.64. The minimum Gasteiger partial charge on any atom is -0.365 e. The Morgan fingerprint density at radius 3 is 3.07 bits per heavy atom. The fourth-order valence-corrected chi connectivity index (χ4v) is 1.46. The van der Waals surface area contributed by atoms with Gasteiger partial charge in [0, 0.05) is 17.1 Å². The van der Waals surface area contributed by atoms with Gasteiger partial charge in [0.1, 0.15) is 12.1 Å². The van der Waals surface area contributed by atoms with Crippen LogP contribution in [0.4, 0.5) is 10.2 Å². The average Bonchev–Trinajstić information content (AvgIpc) is 2.67. The van der Waals surface area contributed by atoms with Gasteiger partial charge in [-0.05, 0) is 17.6 Å². The Morgan fingerprint density at radius 1 is 1.43 bits per heavy atom. The summed E-state index contributed by atoms with van der Waals surface area (Å²) in [5, 5.41) is 2.97. The van der Waals surface area contributed by atoms with Gasteiger partial charge in [-0.25, -0.2) is 14.3 Å². The number of nitrogens with one attached hydrogen (secondary N) is 1. The van der Waals surface area contributed by atoms with Crippen molar-refractivity contribution in [3.8, 4) is 0 Å². The van der Waals surface area contributed by atoms with Crippen LogP contribution in [-0.4, -0.2) is 14.3 Å². The number of hydrogen-bond donors (Lipinski definition) is 1. The van der Waals surface area contributed by atoms with Crippen molar-refractivity contribution >= 4 is 17.4 Å². The molecule has 0 fully saturated rings. The summed E-state index contributed by atoms with van der Waals surface area (Å²) in [5.74, 6) is -0.0577. The maximum absolute atomic E-state index is 12.6. The van der Waals surface area contributed by atoms with E-state index in [4.69, 9.17) is 0 Å². The van der Waals surface area contributed by atoms with E-state index < -0.39 is 5.95 Å². The molecule has 2 heterocycles. The summed E-state index contributed by atoms with van der Waals surface area (Å²) in [6.45, 7) is 0.598. The zero-order chi connectivity index (χ0) is 9.80. The summed E-state index contributed by atoms with van der Waals surface area (Å²) < 4.78 is 16.6. The maximum atomic E-state index is 12.6. The summed E-state index contributed by atoms with van der Waals surface area (Å²) in [5.41, 5.74) is 0. The van der Waals surface area contributed by atoms with E-state index >= 15 is 0 Å². The largest absolute Gasteiger partial charge is 0.365 e. The maximum Gasteiger partial charge on any atom is 0.217 e. The Bertz CT molecular complexity index is 403. The third kappa shape index (κ3) is 2.23. The molecule has 0 spiro atoms. The number of aromatic nitrogens is 3. The molecule has 0 atom stereocenters. The monoisotopic (exact) mass is 210 g/mol. The molecule has 6 heteroatoms. The molecule has 0 aromatic carbocycles. The highest BCUT2D eigenvalue weighted by atomic mass is 32.1. The Hall–Kier alpha value is -1.56. The van der Waals surface area contributed by atoms with Crippen molar-refractivity contribution in [3.63, 3.8) is 0 Å².